The van der Waals surface area contributed by atoms with Crippen molar-refractivity contribution in [1.29, 1.82) is 0 Å². The zero-order chi connectivity index (χ0) is 11.1. The van der Waals surface area contributed by atoms with Crippen molar-refractivity contribution in [2.45, 2.75) is 5.75 Å². The van der Waals surface area contributed by atoms with Gasteiger partial charge in [0.15, 0.2) is 9.84 Å². The third-order valence-corrected chi connectivity index (χ3v) is 3.36. The Kier molecular flexibility index (Phi) is 2.60. The standard InChI is InChI=1S/C10H9BrO3S/c1-15(12,13)6-7-5-14-10-4-8(11)2-3-9(7)10/h2-5H,6H2,1H3. The molecule has 0 aliphatic heterocycles. The highest BCUT2D eigenvalue weighted by atomic mass is 79.9. The van der Waals surface area contributed by atoms with Gasteiger partial charge in [-0.25, -0.2) is 8.42 Å². The Balaban J connectivity index is 2.55. The van der Waals surface area contributed by atoms with E-state index in [4.69, 9.17) is 4.42 Å². The highest BCUT2D eigenvalue weighted by molar-refractivity contribution is 9.10. The molecule has 0 unspecified atom stereocenters. The summed E-state index contributed by atoms with van der Waals surface area (Å²) in [5.74, 6) is 0.0155. The van der Waals surface area contributed by atoms with Crippen LogP contribution in [0.3, 0.4) is 0 Å². The van der Waals surface area contributed by atoms with E-state index in [1.165, 1.54) is 12.5 Å². The zero-order valence-electron chi connectivity index (χ0n) is 8.03. The number of hydrogen-bond donors (Lipinski definition) is 0. The second kappa shape index (κ2) is 3.64. The van der Waals surface area contributed by atoms with Crippen molar-refractivity contribution < 1.29 is 12.8 Å². The number of hydrogen-bond acceptors (Lipinski definition) is 3. The van der Waals surface area contributed by atoms with Gasteiger partial charge in [-0.05, 0) is 18.2 Å². The molecule has 0 radical (unpaired) electrons. The maximum atomic E-state index is 11.2. The van der Waals surface area contributed by atoms with Crippen LogP contribution in [0.15, 0.2) is 33.4 Å². The summed E-state index contributed by atoms with van der Waals surface area (Å²) in [5.41, 5.74) is 1.41. The van der Waals surface area contributed by atoms with Gasteiger partial charge in [-0.3, -0.25) is 0 Å². The molecule has 0 aliphatic carbocycles. The van der Waals surface area contributed by atoms with E-state index in [0.717, 1.165) is 9.86 Å². The number of sulfone groups is 1. The van der Waals surface area contributed by atoms with Crippen LogP contribution in [-0.2, 0) is 15.6 Å². The molecule has 0 saturated carbocycles. The van der Waals surface area contributed by atoms with Crippen LogP contribution in [0.1, 0.15) is 5.56 Å². The Morgan fingerprint density at radius 2 is 2.13 bits per heavy atom. The maximum Gasteiger partial charge on any atom is 0.151 e. The normalized spacial score (nSPS) is 12.1. The number of fused-ring (bicyclic) bond motifs is 1. The van der Waals surface area contributed by atoms with Gasteiger partial charge in [0.25, 0.3) is 0 Å². The Morgan fingerprint density at radius 3 is 2.80 bits per heavy atom. The van der Waals surface area contributed by atoms with Crippen LogP contribution >= 0.6 is 15.9 Å². The van der Waals surface area contributed by atoms with Gasteiger partial charge >= 0.3 is 0 Å². The molecule has 0 amide bonds. The van der Waals surface area contributed by atoms with Crippen LogP contribution in [0, 0.1) is 0 Å². The van der Waals surface area contributed by atoms with Crippen molar-refractivity contribution in [2.24, 2.45) is 0 Å². The molecule has 0 N–H and O–H groups in total. The minimum atomic E-state index is -3.02. The van der Waals surface area contributed by atoms with Crippen molar-refractivity contribution in [3.05, 3.63) is 34.5 Å². The Hall–Kier alpha value is -0.810. The molecule has 0 spiro atoms. The first-order valence-electron chi connectivity index (χ1n) is 4.29. The fraction of sp³-hybridized carbons (Fsp3) is 0.200. The first-order valence-corrected chi connectivity index (χ1v) is 7.14. The first kappa shape index (κ1) is 10.7. The summed E-state index contributed by atoms with van der Waals surface area (Å²) in [6.45, 7) is 0. The van der Waals surface area contributed by atoms with Gasteiger partial charge in [0.2, 0.25) is 0 Å². The topological polar surface area (TPSA) is 47.3 Å². The molecule has 1 aromatic carbocycles. The Morgan fingerprint density at radius 1 is 1.40 bits per heavy atom. The lowest BCUT2D eigenvalue weighted by Crippen LogP contribution is -1.99. The second-order valence-electron chi connectivity index (χ2n) is 3.47. The summed E-state index contributed by atoms with van der Waals surface area (Å²) in [6.07, 6.45) is 2.71. The van der Waals surface area contributed by atoms with E-state index in [0.29, 0.717) is 11.1 Å². The van der Waals surface area contributed by atoms with Crippen LogP contribution in [0.25, 0.3) is 11.0 Å². The molecule has 1 heterocycles. The van der Waals surface area contributed by atoms with Crippen molar-refractivity contribution >= 4 is 36.7 Å². The van der Waals surface area contributed by atoms with Gasteiger partial charge in [0.1, 0.15) is 5.58 Å². The van der Waals surface area contributed by atoms with Crippen LogP contribution in [0.5, 0.6) is 0 Å². The number of halogens is 1. The largest absolute Gasteiger partial charge is 0.464 e. The fourth-order valence-electron chi connectivity index (χ4n) is 1.45. The van der Waals surface area contributed by atoms with Crippen molar-refractivity contribution in [3.8, 4) is 0 Å². The van der Waals surface area contributed by atoms with E-state index in [1.54, 1.807) is 0 Å². The van der Waals surface area contributed by atoms with E-state index in [2.05, 4.69) is 15.9 Å². The molecule has 0 fully saturated rings. The van der Waals surface area contributed by atoms with Crippen molar-refractivity contribution in [2.75, 3.05) is 6.26 Å². The molecule has 3 nitrogen and oxygen atoms in total. The Bertz CT molecular complexity index is 598. The van der Waals surface area contributed by atoms with Crippen LogP contribution in [0.4, 0.5) is 0 Å². The van der Waals surface area contributed by atoms with Gasteiger partial charge < -0.3 is 4.42 Å². The number of furan rings is 1. The number of benzene rings is 1. The van der Waals surface area contributed by atoms with Gasteiger partial charge in [-0.1, -0.05) is 15.9 Å². The first-order chi connectivity index (χ1) is 6.96. The molecule has 5 heteroatoms. The second-order valence-corrected chi connectivity index (χ2v) is 6.53. The molecule has 0 aliphatic rings. The molecule has 0 saturated heterocycles. The van der Waals surface area contributed by atoms with E-state index >= 15 is 0 Å². The van der Waals surface area contributed by atoms with E-state index in [1.807, 2.05) is 18.2 Å². The number of rotatable bonds is 2. The molecule has 2 rings (SSSR count). The molecule has 2 aromatic rings. The zero-order valence-corrected chi connectivity index (χ0v) is 10.4. The third-order valence-electron chi connectivity index (χ3n) is 2.04. The van der Waals surface area contributed by atoms with Gasteiger partial charge in [-0.15, -0.1) is 0 Å². The smallest absolute Gasteiger partial charge is 0.151 e. The monoisotopic (exact) mass is 288 g/mol. The lowest BCUT2D eigenvalue weighted by molar-refractivity contribution is 0.596. The van der Waals surface area contributed by atoms with Gasteiger partial charge in [0, 0.05) is 21.7 Å². The van der Waals surface area contributed by atoms with Crippen LogP contribution < -0.4 is 0 Å². The van der Waals surface area contributed by atoms with Crippen LogP contribution in [-0.4, -0.2) is 14.7 Å². The maximum absolute atomic E-state index is 11.2. The highest BCUT2D eigenvalue weighted by Crippen LogP contribution is 2.25. The summed E-state index contributed by atoms with van der Waals surface area (Å²) < 4.78 is 28.5. The summed E-state index contributed by atoms with van der Waals surface area (Å²) in [6, 6.07) is 5.54. The fourth-order valence-corrected chi connectivity index (χ4v) is 2.58. The van der Waals surface area contributed by atoms with E-state index in [9.17, 15) is 8.42 Å². The minimum absolute atomic E-state index is 0.0155. The molecule has 15 heavy (non-hydrogen) atoms. The van der Waals surface area contributed by atoms with E-state index in [-0.39, 0.29) is 5.75 Å². The van der Waals surface area contributed by atoms with Crippen molar-refractivity contribution in [3.63, 3.8) is 0 Å². The molecule has 0 atom stereocenters. The average Bonchev–Trinajstić information content (AvgIpc) is 2.45. The third kappa shape index (κ3) is 2.41. The summed E-state index contributed by atoms with van der Waals surface area (Å²) in [5, 5.41) is 0.851. The predicted octanol–water partition coefficient (Wildman–Crippen LogP) is 2.74. The minimum Gasteiger partial charge on any atom is -0.464 e. The molecule has 80 valence electrons. The molecular formula is C10H9BrO3S. The van der Waals surface area contributed by atoms with Gasteiger partial charge in [-0.2, -0.15) is 0 Å². The van der Waals surface area contributed by atoms with Crippen molar-refractivity contribution in [1.82, 2.24) is 0 Å². The molecule has 0 bridgehead atoms. The Labute approximate surface area is 96.1 Å². The predicted molar refractivity (Wildman–Crippen MR) is 62.5 cm³/mol. The molecular weight excluding hydrogens is 280 g/mol. The average molecular weight is 289 g/mol. The lowest BCUT2D eigenvalue weighted by atomic mass is 10.2. The van der Waals surface area contributed by atoms with E-state index < -0.39 is 9.84 Å². The SMILES string of the molecule is CS(=O)(=O)Cc1coc2cc(Br)ccc12. The molecule has 1 aromatic heterocycles. The summed E-state index contributed by atoms with van der Waals surface area (Å²) in [7, 11) is -3.02. The quantitative estimate of drug-likeness (QED) is 0.854. The van der Waals surface area contributed by atoms with Crippen LogP contribution in [0.2, 0.25) is 0 Å². The lowest BCUT2D eigenvalue weighted by Gasteiger charge is -1.95. The summed E-state index contributed by atoms with van der Waals surface area (Å²) in [4.78, 5) is 0. The summed E-state index contributed by atoms with van der Waals surface area (Å²) >= 11 is 3.32. The van der Waals surface area contributed by atoms with Gasteiger partial charge in [0.05, 0.1) is 12.0 Å². The highest BCUT2D eigenvalue weighted by Gasteiger charge is 2.11.